The average Bonchev–Trinajstić information content (AvgIpc) is 2.66. The predicted octanol–water partition coefficient (Wildman–Crippen LogP) is 5.77. The number of ether oxygens (including phenoxy) is 1. The molecular weight excluding hydrogens is 419 g/mol. The van der Waals surface area contributed by atoms with Gasteiger partial charge in [0, 0.05) is 5.02 Å². The first-order chi connectivity index (χ1) is 13.3. The Hall–Kier alpha value is -2.72. The predicted molar refractivity (Wildman–Crippen MR) is 110 cm³/mol. The maximum atomic E-state index is 12.6. The largest absolute Gasteiger partial charge is 0.456 e. The highest BCUT2D eigenvalue weighted by Crippen LogP contribution is 2.31. The zero-order chi connectivity index (χ0) is 20.3. The molecular formula is C20H14Cl2N2O3S. The van der Waals surface area contributed by atoms with E-state index in [1.165, 1.54) is 24.3 Å². The molecule has 0 spiro atoms. The Bertz CT molecular complexity index is 1170. The molecule has 1 N–H and O–H groups in total. The first-order valence-corrected chi connectivity index (χ1v) is 10.3. The summed E-state index contributed by atoms with van der Waals surface area (Å²) in [6.45, 7) is 1.73. The Morgan fingerprint density at radius 2 is 1.61 bits per heavy atom. The SMILES string of the molecule is Cc1c(Cl)cccc1NS(=O)(=O)c1ccc(Oc2cccc(Cl)c2C#N)cc1. The molecule has 3 aromatic rings. The molecule has 3 rings (SSSR count). The van der Waals surface area contributed by atoms with Crippen LogP contribution in [0.4, 0.5) is 5.69 Å². The average molecular weight is 433 g/mol. The molecule has 0 amide bonds. The van der Waals surface area contributed by atoms with Crippen molar-refractivity contribution in [2.75, 3.05) is 4.72 Å². The minimum Gasteiger partial charge on any atom is -0.456 e. The molecule has 0 bridgehead atoms. The van der Waals surface area contributed by atoms with Gasteiger partial charge < -0.3 is 4.74 Å². The Kier molecular flexibility index (Phi) is 5.80. The van der Waals surface area contributed by atoms with Crippen molar-refractivity contribution in [2.24, 2.45) is 0 Å². The maximum absolute atomic E-state index is 12.6. The van der Waals surface area contributed by atoms with Gasteiger partial charge in [0.05, 0.1) is 15.6 Å². The second-order valence-corrected chi connectivity index (χ2v) is 8.31. The summed E-state index contributed by atoms with van der Waals surface area (Å²) in [4.78, 5) is 0.0610. The van der Waals surface area contributed by atoms with E-state index in [1.54, 1.807) is 43.3 Å². The smallest absolute Gasteiger partial charge is 0.261 e. The van der Waals surface area contributed by atoms with Crippen LogP contribution in [0.2, 0.25) is 10.0 Å². The van der Waals surface area contributed by atoms with Crippen molar-refractivity contribution in [1.29, 1.82) is 5.26 Å². The van der Waals surface area contributed by atoms with E-state index in [-0.39, 0.29) is 15.5 Å². The van der Waals surface area contributed by atoms with E-state index >= 15 is 0 Å². The van der Waals surface area contributed by atoms with Crippen molar-refractivity contribution in [3.63, 3.8) is 0 Å². The standard InChI is InChI=1S/C20H14Cl2N2O3S/c1-13-17(21)4-2-6-19(13)24-28(25,26)15-10-8-14(9-11-15)27-20-7-3-5-18(22)16(20)12-23/h2-11,24H,1H3. The number of nitrogens with zero attached hydrogens (tertiary/aromatic N) is 1. The quantitative estimate of drug-likeness (QED) is 0.554. The highest BCUT2D eigenvalue weighted by Gasteiger charge is 2.16. The molecule has 0 aromatic heterocycles. The van der Waals surface area contributed by atoms with Crippen LogP contribution < -0.4 is 9.46 Å². The van der Waals surface area contributed by atoms with Crippen molar-refractivity contribution in [3.8, 4) is 17.6 Å². The first kappa shape index (κ1) is 20.0. The molecule has 0 fully saturated rings. The molecule has 3 aromatic carbocycles. The zero-order valence-electron chi connectivity index (χ0n) is 14.6. The Morgan fingerprint density at radius 1 is 0.964 bits per heavy atom. The second kappa shape index (κ2) is 8.11. The van der Waals surface area contributed by atoms with Gasteiger partial charge in [-0.15, -0.1) is 0 Å². The Balaban J connectivity index is 1.83. The van der Waals surface area contributed by atoms with Gasteiger partial charge in [-0.05, 0) is 61.0 Å². The second-order valence-electron chi connectivity index (χ2n) is 5.82. The number of hydrogen-bond donors (Lipinski definition) is 1. The van der Waals surface area contributed by atoms with Crippen LogP contribution in [0.3, 0.4) is 0 Å². The third-order valence-corrected chi connectivity index (χ3v) is 6.07. The Labute approximate surface area is 173 Å². The maximum Gasteiger partial charge on any atom is 0.261 e. The molecule has 0 aliphatic rings. The molecule has 0 saturated heterocycles. The highest BCUT2D eigenvalue weighted by atomic mass is 35.5. The summed E-state index contributed by atoms with van der Waals surface area (Å²) < 4.78 is 33.4. The van der Waals surface area contributed by atoms with Crippen LogP contribution in [0.15, 0.2) is 65.6 Å². The molecule has 142 valence electrons. The van der Waals surface area contributed by atoms with Crippen molar-refractivity contribution >= 4 is 38.9 Å². The van der Waals surface area contributed by atoms with E-state index in [0.29, 0.717) is 27.8 Å². The van der Waals surface area contributed by atoms with Gasteiger partial charge in [0.25, 0.3) is 10.0 Å². The summed E-state index contributed by atoms with van der Waals surface area (Å²) in [5, 5.41) is 9.95. The van der Waals surface area contributed by atoms with Crippen LogP contribution in [-0.2, 0) is 10.0 Å². The lowest BCUT2D eigenvalue weighted by molar-refractivity contribution is 0.480. The number of benzene rings is 3. The monoisotopic (exact) mass is 432 g/mol. The molecule has 8 heteroatoms. The van der Waals surface area contributed by atoms with Crippen molar-refractivity contribution in [1.82, 2.24) is 0 Å². The van der Waals surface area contributed by atoms with E-state index in [1.807, 2.05) is 6.07 Å². The number of nitrogens with one attached hydrogen (secondary N) is 1. The summed E-state index contributed by atoms with van der Waals surface area (Å²) in [7, 11) is -3.80. The molecule has 0 atom stereocenters. The molecule has 28 heavy (non-hydrogen) atoms. The van der Waals surface area contributed by atoms with Gasteiger partial charge in [-0.2, -0.15) is 5.26 Å². The highest BCUT2D eigenvalue weighted by molar-refractivity contribution is 7.92. The van der Waals surface area contributed by atoms with Gasteiger partial charge in [-0.1, -0.05) is 35.3 Å². The van der Waals surface area contributed by atoms with Crippen LogP contribution >= 0.6 is 23.2 Å². The van der Waals surface area contributed by atoms with E-state index in [9.17, 15) is 13.7 Å². The summed E-state index contributed by atoms with van der Waals surface area (Å²) in [5.74, 6) is 0.662. The van der Waals surface area contributed by atoms with E-state index < -0.39 is 10.0 Å². The van der Waals surface area contributed by atoms with E-state index in [4.69, 9.17) is 27.9 Å². The summed E-state index contributed by atoms with van der Waals surface area (Å²) in [5.41, 5.74) is 1.25. The fourth-order valence-corrected chi connectivity index (χ4v) is 3.94. The fraction of sp³-hybridized carbons (Fsp3) is 0.0500. The van der Waals surface area contributed by atoms with Gasteiger partial charge in [-0.3, -0.25) is 4.72 Å². The van der Waals surface area contributed by atoms with Crippen molar-refractivity contribution in [2.45, 2.75) is 11.8 Å². The van der Waals surface area contributed by atoms with Gasteiger partial charge in [0.1, 0.15) is 23.1 Å². The van der Waals surface area contributed by atoms with Crippen LogP contribution in [0.25, 0.3) is 0 Å². The van der Waals surface area contributed by atoms with Gasteiger partial charge in [-0.25, -0.2) is 8.42 Å². The summed E-state index contributed by atoms with van der Waals surface area (Å²) in [6, 6.07) is 17.7. The van der Waals surface area contributed by atoms with Crippen LogP contribution in [0.5, 0.6) is 11.5 Å². The molecule has 0 unspecified atom stereocenters. The summed E-state index contributed by atoms with van der Waals surface area (Å²) >= 11 is 12.0. The molecule has 0 aliphatic heterocycles. The zero-order valence-corrected chi connectivity index (χ0v) is 16.9. The molecule has 5 nitrogen and oxygen atoms in total. The third kappa shape index (κ3) is 4.23. The van der Waals surface area contributed by atoms with Crippen molar-refractivity contribution < 1.29 is 13.2 Å². The van der Waals surface area contributed by atoms with Crippen LogP contribution in [0, 0.1) is 18.3 Å². The third-order valence-electron chi connectivity index (χ3n) is 3.96. The molecule has 0 radical (unpaired) electrons. The molecule has 0 saturated carbocycles. The topological polar surface area (TPSA) is 79.2 Å². The number of anilines is 1. The lowest BCUT2D eigenvalue weighted by atomic mass is 10.2. The summed E-state index contributed by atoms with van der Waals surface area (Å²) in [6.07, 6.45) is 0. The Morgan fingerprint density at radius 3 is 2.29 bits per heavy atom. The minimum atomic E-state index is -3.80. The van der Waals surface area contributed by atoms with Crippen molar-refractivity contribution in [3.05, 3.63) is 81.8 Å². The lowest BCUT2D eigenvalue weighted by Gasteiger charge is -2.12. The number of halogens is 2. The van der Waals surface area contributed by atoms with Crippen LogP contribution in [-0.4, -0.2) is 8.42 Å². The lowest BCUT2D eigenvalue weighted by Crippen LogP contribution is -2.13. The number of sulfonamides is 1. The minimum absolute atomic E-state index is 0.0610. The van der Waals surface area contributed by atoms with Gasteiger partial charge >= 0.3 is 0 Å². The number of nitriles is 1. The normalized spacial score (nSPS) is 10.9. The fourth-order valence-electron chi connectivity index (χ4n) is 2.43. The number of hydrogen-bond acceptors (Lipinski definition) is 4. The molecule has 0 heterocycles. The first-order valence-electron chi connectivity index (χ1n) is 8.06. The van der Waals surface area contributed by atoms with Gasteiger partial charge in [0.2, 0.25) is 0 Å². The number of rotatable bonds is 5. The van der Waals surface area contributed by atoms with Gasteiger partial charge in [0.15, 0.2) is 0 Å². The van der Waals surface area contributed by atoms with Crippen LogP contribution in [0.1, 0.15) is 11.1 Å². The molecule has 0 aliphatic carbocycles. The van der Waals surface area contributed by atoms with E-state index in [2.05, 4.69) is 4.72 Å². The van der Waals surface area contributed by atoms with E-state index in [0.717, 1.165) is 0 Å².